The first-order chi connectivity index (χ1) is 10.6. The molecule has 1 rings (SSSR count). The molecule has 1 heterocycles. The number of aliphatic imine (C=N–C) groups is 2. The van der Waals surface area contributed by atoms with Gasteiger partial charge in [-0.2, -0.15) is 10.2 Å². The van der Waals surface area contributed by atoms with Gasteiger partial charge in [-0.15, -0.1) is 0 Å². The average Bonchev–Trinajstić information content (AvgIpc) is 2.56. The van der Waals surface area contributed by atoms with E-state index in [0.29, 0.717) is 28.2 Å². The monoisotopic (exact) mass is 398 g/mol. The maximum Gasteiger partial charge on any atom is 2.00 e. The minimum atomic E-state index is 0. The van der Waals surface area contributed by atoms with Gasteiger partial charge in [0.25, 0.3) is 0 Å². The van der Waals surface area contributed by atoms with Crippen molar-refractivity contribution in [2.24, 2.45) is 20.2 Å². The first kappa shape index (κ1) is 21.4. The van der Waals surface area contributed by atoms with E-state index in [1.807, 2.05) is 19.1 Å². The number of pyridine rings is 1. The van der Waals surface area contributed by atoms with Crippen LogP contribution in [0.3, 0.4) is 0 Å². The van der Waals surface area contributed by atoms with E-state index in [2.05, 4.69) is 36.0 Å². The van der Waals surface area contributed by atoms with Gasteiger partial charge in [-0.1, -0.05) is 6.07 Å². The quantitative estimate of drug-likeness (QED) is 0.249. The molecule has 0 aliphatic heterocycles. The minimum Gasteiger partial charge on any atom is -0.741 e. The predicted molar refractivity (Wildman–Crippen MR) is 96.2 cm³/mol. The van der Waals surface area contributed by atoms with Gasteiger partial charge >= 0.3 is 17.1 Å². The van der Waals surface area contributed by atoms with E-state index >= 15 is 0 Å². The fraction of sp³-hybridized carbons (Fsp3) is 0.308. The van der Waals surface area contributed by atoms with E-state index in [9.17, 15) is 0 Å². The van der Waals surface area contributed by atoms with Crippen molar-refractivity contribution in [3.8, 4) is 0 Å². The van der Waals surface area contributed by atoms with Crippen LogP contribution in [0.5, 0.6) is 0 Å². The third-order valence-corrected chi connectivity index (χ3v) is 3.07. The number of hydrogen-bond donors (Lipinski definition) is 2. The Hall–Kier alpha value is -1.61. The molecule has 1 radical (unpaired) electrons. The molecule has 2 N–H and O–H groups in total. The molecule has 0 bridgehead atoms. The molecule has 0 saturated carbocycles. The van der Waals surface area contributed by atoms with Crippen molar-refractivity contribution in [1.82, 2.24) is 15.8 Å². The van der Waals surface area contributed by atoms with Crippen LogP contribution in [0.4, 0.5) is 0 Å². The maximum absolute atomic E-state index is 4.96. The van der Waals surface area contributed by atoms with Gasteiger partial charge in [0.15, 0.2) is 0 Å². The first-order valence-corrected chi connectivity index (χ1v) is 7.18. The first-order valence-electron chi connectivity index (χ1n) is 6.36. The maximum atomic E-state index is 4.96. The number of hydrazone groups is 2. The van der Waals surface area contributed by atoms with Crippen molar-refractivity contribution in [1.29, 1.82) is 0 Å². The number of amidine groups is 2. The Bertz CT molecular complexity index is 600. The van der Waals surface area contributed by atoms with Crippen LogP contribution >= 0.6 is 0 Å². The number of nitrogens with zero attached hydrogens (tertiary/aromatic N) is 5. The van der Waals surface area contributed by atoms with Gasteiger partial charge in [0.05, 0.1) is 11.4 Å². The smallest absolute Gasteiger partial charge is 0.741 e. The second-order valence-electron chi connectivity index (χ2n) is 4.07. The van der Waals surface area contributed by atoms with Gasteiger partial charge in [-0.3, -0.25) is 25.8 Å². The van der Waals surface area contributed by atoms with Crippen LogP contribution < -0.4 is 10.9 Å². The predicted octanol–water partition coefficient (Wildman–Crippen LogP) is 0.598. The Balaban J connectivity index is 0.00000484. The normalized spacial score (nSPS) is 13.3. The van der Waals surface area contributed by atoms with Crippen molar-refractivity contribution >= 4 is 47.0 Å². The summed E-state index contributed by atoms with van der Waals surface area (Å²) in [5.41, 5.74) is 7.71. The van der Waals surface area contributed by atoms with Crippen LogP contribution in [0.1, 0.15) is 12.5 Å². The van der Waals surface area contributed by atoms with Crippen molar-refractivity contribution in [2.45, 2.75) is 13.3 Å². The van der Waals surface area contributed by atoms with E-state index in [4.69, 9.17) is 25.3 Å². The largest absolute Gasteiger partial charge is 2.00 e. The molecule has 0 fully saturated rings. The zero-order chi connectivity index (χ0) is 16.4. The molecule has 0 saturated heterocycles. The van der Waals surface area contributed by atoms with Crippen molar-refractivity contribution in [3.63, 3.8) is 0 Å². The standard InChI is InChI=1S/C13H19N7S2.Cu/c1-9(17-19-12(21)14-2)11(18-20-13(22)15-3)7-10-5-4-6-16-8-10;/h4-6,8H,7H2,1-3H3,(H2,14,19,21)(H2,15,20,22);/q;+2/p-2/b17-9+,18-11+;. The molecule has 0 aromatic carbocycles. The molecule has 10 heteroatoms. The Labute approximate surface area is 157 Å². The van der Waals surface area contributed by atoms with Crippen LogP contribution in [0.2, 0.25) is 0 Å². The number of rotatable bonds is 5. The summed E-state index contributed by atoms with van der Waals surface area (Å²) in [6.45, 7) is 1.81. The molecule has 0 aliphatic rings. The molecule has 1 aromatic heterocycles. The molecular weight excluding hydrogens is 382 g/mol. The van der Waals surface area contributed by atoms with Crippen LogP contribution in [-0.2, 0) is 48.7 Å². The van der Waals surface area contributed by atoms with Gasteiger partial charge in [0.1, 0.15) is 0 Å². The summed E-state index contributed by atoms with van der Waals surface area (Å²) in [4.78, 5) is 11.7. The van der Waals surface area contributed by atoms with E-state index in [1.165, 1.54) is 0 Å². The Morgan fingerprint density at radius 2 is 1.74 bits per heavy atom. The molecule has 0 atom stereocenters. The van der Waals surface area contributed by atoms with Gasteiger partial charge in [0, 0.05) is 32.9 Å². The van der Waals surface area contributed by atoms with E-state index < -0.39 is 0 Å². The van der Waals surface area contributed by atoms with Crippen molar-refractivity contribution in [3.05, 3.63) is 30.1 Å². The molecule has 0 aliphatic carbocycles. The van der Waals surface area contributed by atoms with Crippen LogP contribution in [0.15, 0.2) is 44.7 Å². The number of hydrogen-bond acceptors (Lipinski definition) is 7. The summed E-state index contributed by atoms with van der Waals surface area (Å²) in [7, 11) is 3.18. The van der Waals surface area contributed by atoms with E-state index in [1.54, 1.807) is 26.5 Å². The van der Waals surface area contributed by atoms with Crippen LogP contribution in [0.25, 0.3) is 0 Å². The van der Waals surface area contributed by atoms with Gasteiger partial charge in [-0.25, -0.2) is 0 Å². The van der Waals surface area contributed by atoms with Crippen LogP contribution in [-0.4, -0.2) is 40.8 Å². The summed E-state index contributed by atoms with van der Waals surface area (Å²) in [6, 6.07) is 3.82. The molecule has 0 spiro atoms. The van der Waals surface area contributed by atoms with Crippen molar-refractivity contribution in [2.75, 3.05) is 14.1 Å². The van der Waals surface area contributed by atoms with Crippen LogP contribution in [0, 0.1) is 0 Å². The molecule has 0 unspecified atom stereocenters. The Kier molecular flexibility index (Phi) is 11.1. The molecular formula is C13H17CuN7S2. The molecule has 7 nitrogen and oxygen atoms in total. The molecule has 0 amide bonds. The third-order valence-electron chi connectivity index (χ3n) is 2.52. The second kappa shape index (κ2) is 11.9. The minimum absolute atomic E-state index is 0. The number of nitrogens with one attached hydrogen (secondary N) is 2. The second-order valence-corrected chi connectivity index (χ2v) is 4.85. The molecule has 23 heavy (non-hydrogen) atoms. The summed E-state index contributed by atoms with van der Waals surface area (Å²) in [5, 5.41) is 9.01. The topological polar surface area (TPSA) is 86.4 Å². The summed E-state index contributed by atoms with van der Waals surface area (Å²) in [6.07, 6.45) is 4.03. The fourth-order valence-corrected chi connectivity index (χ4v) is 1.45. The van der Waals surface area contributed by atoms with E-state index in [-0.39, 0.29) is 17.1 Å². The number of aromatic nitrogens is 1. The summed E-state index contributed by atoms with van der Waals surface area (Å²) in [5.74, 6) is 0. The Morgan fingerprint density at radius 1 is 1.13 bits per heavy atom. The third kappa shape index (κ3) is 8.56. The SMILES string of the molecule is CN=C([S-])N/N=C(C)/C(Cc1cccnc1)=N/NC([S-])=NC.[Cu+2]. The summed E-state index contributed by atoms with van der Waals surface area (Å²) < 4.78 is 0. The van der Waals surface area contributed by atoms with E-state index in [0.717, 1.165) is 5.56 Å². The molecule has 127 valence electrons. The molecule has 1 aromatic rings. The zero-order valence-corrected chi connectivity index (χ0v) is 15.4. The zero-order valence-electron chi connectivity index (χ0n) is 12.9. The van der Waals surface area contributed by atoms with Gasteiger partial charge < -0.3 is 25.3 Å². The summed E-state index contributed by atoms with van der Waals surface area (Å²) >= 11 is 9.89. The van der Waals surface area contributed by atoms with Crippen molar-refractivity contribution < 1.29 is 17.1 Å². The van der Waals surface area contributed by atoms with Gasteiger partial charge in [-0.05, 0) is 28.9 Å². The average molecular weight is 399 g/mol. The van der Waals surface area contributed by atoms with Gasteiger partial charge in [0.2, 0.25) is 0 Å². The Morgan fingerprint density at radius 3 is 2.26 bits per heavy atom. The fourth-order valence-electron chi connectivity index (χ4n) is 1.36.